The molecule has 4 aromatic rings. The number of aliphatic hydroxyl groups is 1. The zero-order valence-corrected chi connectivity index (χ0v) is 20.7. The number of halogens is 1. The van der Waals surface area contributed by atoms with E-state index < -0.39 is 0 Å². The van der Waals surface area contributed by atoms with E-state index in [9.17, 15) is 5.11 Å². The van der Waals surface area contributed by atoms with Gasteiger partial charge in [-0.3, -0.25) is 9.88 Å². The average molecular weight is 512 g/mol. The minimum Gasteiger partial charge on any atom is -0.392 e. The topological polar surface area (TPSA) is 100.0 Å². The highest BCUT2D eigenvalue weighted by atomic mass is 35.5. The van der Waals surface area contributed by atoms with Gasteiger partial charge in [-0.25, -0.2) is 19.9 Å². The average Bonchev–Trinajstić information content (AvgIpc) is 3.45. The Morgan fingerprint density at radius 2 is 2.06 bits per heavy atom. The standard InChI is InChI=1S/C23H22ClN7OS2/c1-14-8-18(29-23(28-14)33-19-5-3-2-4-17(19)24)20-10-27-22(34-20)30-21-11-25-15(9-26-21)12-31-7-6-16(32)13-31/h2-5,8-11,16,32H,6-7,12-13H2,1H3,(H,26,27,30). The summed E-state index contributed by atoms with van der Waals surface area (Å²) in [6, 6.07) is 9.59. The van der Waals surface area contributed by atoms with E-state index in [0.717, 1.165) is 39.8 Å². The first-order valence-corrected chi connectivity index (χ1v) is 12.8. The van der Waals surface area contributed by atoms with Gasteiger partial charge in [0.05, 0.1) is 39.8 Å². The van der Waals surface area contributed by atoms with Gasteiger partial charge in [0.1, 0.15) is 0 Å². The number of thiazole rings is 1. The molecule has 1 fully saturated rings. The number of benzene rings is 1. The van der Waals surface area contributed by atoms with Crippen LogP contribution in [0.25, 0.3) is 10.6 Å². The quantitative estimate of drug-likeness (QED) is 0.338. The lowest BCUT2D eigenvalue weighted by Crippen LogP contribution is -2.22. The smallest absolute Gasteiger partial charge is 0.193 e. The summed E-state index contributed by atoms with van der Waals surface area (Å²) in [4.78, 5) is 26.7. The van der Waals surface area contributed by atoms with Crippen LogP contribution in [0.3, 0.4) is 0 Å². The van der Waals surface area contributed by atoms with Gasteiger partial charge in [0.2, 0.25) is 0 Å². The number of rotatable bonds is 7. The fourth-order valence-corrected chi connectivity index (χ4v) is 5.46. The van der Waals surface area contributed by atoms with Crippen molar-refractivity contribution in [2.75, 3.05) is 18.4 Å². The van der Waals surface area contributed by atoms with Crippen molar-refractivity contribution in [2.45, 2.75) is 36.0 Å². The van der Waals surface area contributed by atoms with Crippen LogP contribution in [0, 0.1) is 6.92 Å². The molecule has 11 heteroatoms. The van der Waals surface area contributed by atoms with Crippen molar-refractivity contribution in [3.63, 3.8) is 0 Å². The fraction of sp³-hybridized carbons (Fsp3) is 0.261. The van der Waals surface area contributed by atoms with Crippen molar-refractivity contribution in [1.29, 1.82) is 0 Å². The molecule has 34 heavy (non-hydrogen) atoms. The molecule has 174 valence electrons. The molecule has 1 aliphatic heterocycles. The zero-order chi connectivity index (χ0) is 23.5. The Morgan fingerprint density at radius 3 is 2.82 bits per heavy atom. The molecule has 1 aromatic carbocycles. The van der Waals surface area contributed by atoms with Gasteiger partial charge in [-0.2, -0.15) is 0 Å². The molecular formula is C23H22ClN7OS2. The number of nitrogens with one attached hydrogen (secondary N) is 1. The second kappa shape index (κ2) is 10.3. The summed E-state index contributed by atoms with van der Waals surface area (Å²) in [6.07, 6.45) is 5.83. The van der Waals surface area contributed by atoms with Crippen LogP contribution in [-0.2, 0) is 6.54 Å². The summed E-state index contributed by atoms with van der Waals surface area (Å²) in [7, 11) is 0. The lowest BCUT2D eigenvalue weighted by atomic mass is 10.3. The SMILES string of the molecule is Cc1cc(-c2cnc(Nc3cnc(CN4CCC(O)C4)cn3)s2)nc(Sc2ccccc2Cl)n1. The van der Waals surface area contributed by atoms with Crippen molar-refractivity contribution in [1.82, 2.24) is 29.8 Å². The molecule has 2 N–H and O–H groups in total. The van der Waals surface area contributed by atoms with Gasteiger partial charge < -0.3 is 10.4 Å². The first kappa shape index (κ1) is 23.1. The minimum absolute atomic E-state index is 0.238. The predicted octanol–water partition coefficient (Wildman–Crippen LogP) is 4.81. The summed E-state index contributed by atoms with van der Waals surface area (Å²) in [5.41, 5.74) is 2.55. The fourth-order valence-electron chi connectivity index (χ4n) is 3.58. The van der Waals surface area contributed by atoms with Gasteiger partial charge in [0.25, 0.3) is 0 Å². The largest absolute Gasteiger partial charge is 0.392 e. The van der Waals surface area contributed by atoms with Crippen LogP contribution in [0.15, 0.2) is 59.0 Å². The monoisotopic (exact) mass is 511 g/mol. The van der Waals surface area contributed by atoms with Crippen LogP contribution in [0.2, 0.25) is 5.02 Å². The highest BCUT2D eigenvalue weighted by Crippen LogP contribution is 2.34. The minimum atomic E-state index is -0.238. The van der Waals surface area contributed by atoms with E-state index in [4.69, 9.17) is 16.6 Å². The van der Waals surface area contributed by atoms with Crippen LogP contribution in [0.4, 0.5) is 10.9 Å². The summed E-state index contributed by atoms with van der Waals surface area (Å²) in [6.45, 7) is 4.20. The van der Waals surface area contributed by atoms with Crippen LogP contribution < -0.4 is 5.32 Å². The van der Waals surface area contributed by atoms with Crippen molar-refractivity contribution >= 4 is 45.6 Å². The molecule has 0 bridgehead atoms. The van der Waals surface area contributed by atoms with Crippen LogP contribution in [0.5, 0.6) is 0 Å². The highest BCUT2D eigenvalue weighted by Gasteiger charge is 2.20. The Labute approximate surface area is 210 Å². The maximum atomic E-state index is 9.67. The van der Waals surface area contributed by atoms with Gasteiger partial charge in [0, 0.05) is 36.4 Å². The van der Waals surface area contributed by atoms with Gasteiger partial charge in [0.15, 0.2) is 16.1 Å². The molecule has 5 rings (SSSR count). The van der Waals surface area contributed by atoms with E-state index in [1.165, 1.54) is 23.1 Å². The molecule has 0 spiro atoms. The van der Waals surface area contributed by atoms with E-state index in [0.29, 0.717) is 34.2 Å². The molecule has 0 radical (unpaired) electrons. The van der Waals surface area contributed by atoms with E-state index in [1.807, 2.05) is 37.3 Å². The van der Waals surface area contributed by atoms with Crippen LogP contribution >= 0.6 is 34.7 Å². The number of hydrogen-bond donors (Lipinski definition) is 2. The number of likely N-dealkylation sites (tertiary alicyclic amines) is 1. The van der Waals surface area contributed by atoms with Gasteiger partial charge in [-0.05, 0) is 43.3 Å². The maximum Gasteiger partial charge on any atom is 0.193 e. The Kier molecular flexibility index (Phi) is 7.02. The van der Waals surface area contributed by atoms with Gasteiger partial charge in [-0.1, -0.05) is 35.1 Å². The Bertz CT molecular complexity index is 1280. The molecule has 0 saturated carbocycles. The molecule has 1 saturated heterocycles. The highest BCUT2D eigenvalue weighted by molar-refractivity contribution is 7.99. The Morgan fingerprint density at radius 1 is 1.18 bits per heavy atom. The number of β-amino-alcohol motifs (C(OH)–C–C–N with tert-alkyl or cyclic N) is 1. The molecule has 1 atom stereocenters. The molecule has 3 aromatic heterocycles. The molecule has 0 amide bonds. The first-order chi connectivity index (χ1) is 16.5. The summed E-state index contributed by atoms with van der Waals surface area (Å²) in [5.74, 6) is 0.625. The van der Waals surface area contributed by atoms with E-state index in [2.05, 4.69) is 30.2 Å². The van der Waals surface area contributed by atoms with Gasteiger partial charge in [-0.15, -0.1) is 0 Å². The number of anilines is 2. The van der Waals surface area contributed by atoms with Crippen molar-refractivity contribution in [2.24, 2.45) is 0 Å². The third-order valence-corrected chi connectivity index (χ3v) is 7.52. The lowest BCUT2D eigenvalue weighted by molar-refractivity contribution is 0.174. The molecule has 8 nitrogen and oxygen atoms in total. The second-order valence-corrected chi connectivity index (χ2v) is 10.4. The Hall–Kier alpha value is -2.63. The van der Waals surface area contributed by atoms with E-state index in [-0.39, 0.29) is 6.10 Å². The van der Waals surface area contributed by atoms with E-state index >= 15 is 0 Å². The number of aliphatic hydroxyl groups excluding tert-OH is 1. The number of aromatic nitrogens is 5. The predicted molar refractivity (Wildman–Crippen MR) is 135 cm³/mol. The normalized spacial score (nSPS) is 16.1. The lowest BCUT2D eigenvalue weighted by Gasteiger charge is -2.13. The van der Waals surface area contributed by atoms with Crippen molar-refractivity contribution < 1.29 is 5.11 Å². The van der Waals surface area contributed by atoms with Crippen LogP contribution in [-0.4, -0.2) is 54.1 Å². The summed E-state index contributed by atoms with van der Waals surface area (Å²) in [5, 5.41) is 14.9. The number of aryl methyl sites for hydroxylation is 1. The maximum absolute atomic E-state index is 9.67. The van der Waals surface area contributed by atoms with Crippen LogP contribution in [0.1, 0.15) is 17.8 Å². The first-order valence-electron chi connectivity index (χ1n) is 10.7. The van der Waals surface area contributed by atoms with Gasteiger partial charge >= 0.3 is 0 Å². The van der Waals surface area contributed by atoms with Crippen molar-refractivity contribution in [3.8, 4) is 10.6 Å². The zero-order valence-electron chi connectivity index (χ0n) is 18.3. The summed E-state index contributed by atoms with van der Waals surface area (Å²) >= 11 is 9.22. The number of nitrogens with zero attached hydrogens (tertiary/aromatic N) is 6. The molecule has 0 aliphatic carbocycles. The number of hydrogen-bond acceptors (Lipinski definition) is 10. The molecular weight excluding hydrogens is 490 g/mol. The van der Waals surface area contributed by atoms with Crippen molar-refractivity contribution in [3.05, 3.63) is 65.3 Å². The third kappa shape index (κ3) is 5.70. The Balaban J connectivity index is 1.26. The second-order valence-electron chi connectivity index (χ2n) is 7.93. The molecule has 4 heterocycles. The molecule has 1 unspecified atom stereocenters. The third-order valence-electron chi connectivity index (χ3n) is 5.20. The molecule has 1 aliphatic rings. The summed E-state index contributed by atoms with van der Waals surface area (Å²) < 4.78 is 0. The van der Waals surface area contributed by atoms with E-state index in [1.54, 1.807) is 18.6 Å².